The van der Waals surface area contributed by atoms with Crippen molar-refractivity contribution in [2.45, 2.75) is 96.1 Å². The molecule has 30 heavy (non-hydrogen) atoms. The number of aliphatic hydroxyl groups is 2. The van der Waals surface area contributed by atoms with Crippen LogP contribution in [0.2, 0.25) is 0 Å². The molecule has 3 N–H and O–H groups in total. The maximum atomic E-state index is 11.7. The monoisotopic (exact) mass is 421 g/mol. The van der Waals surface area contributed by atoms with Crippen molar-refractivity contribution < 1.29 is 24.5 Å². The predicted molar refractivity (Wildman–Crippen MR) is 114 cm³/mol. The molecule has 0 aromatic carbocycles. The van der Waals surface area contributed by atoms with E-state index < -0.39 is 17.3 Å². The minimum Gasteiger partial charge on any atom is -0.456 e. The lowest BCUT2D eigenvalue weighted by Gasteiger charge is -2.48. The molecule has 0 radical (unpaired) electrons. The molecule has 0 bridgehead atoms. The van der Waals surface area contributed by atoms with Gasteiger partial charge in [-0.1, -0.05) is 26.7 Å². The van der Waals surface area contributed by atoms with Crippen molar-refractivity contribution in [1.82, 2.24) is 5.32 Å². The van der Waals surface area contributed by atoms with E-state index in [2.05, 4.69) is 24.1 Å². The highest BCUT2D eigenvalue weighted by Gasteiger charge is 2.67. The summed E-state index contributed by atoms with van der Waals surface area (Å²) in [4.78, 5) is 11.7. The van der Waals surface area contributed by atoms with E-state index in [9.17, 15) is 15.0 Å². The maximum Gasteiger partial charge on any atom is 0.384 e. The van der Waals surface area contributed by atoms with Gasteiger partial charge in [-0.2, -0.15) is 0 Å². The molecule has 1 aliphatic heterocycles. The van der Waals surface area contributed by atoms with Crippen LogP contribution in [0, 0.1) is 35.0 Å². The summed E-state index contributed by atoms with van der Waals surface area (Å²) in [6.07, 6.45) is 5.42. The van der Waals surface area contributed by atoms with Gasteiger partial charge in [0.05, 0.1) is 12.7 Å². The van der Waals surface area contributed by atoms with E-state index in [1.165, 1.54) is 0 Å². The van der Waals surface area contributed by atoms with Crippen LogP contribution in [0.4, 0.5) is 0 Å². The topological polar surface area (TPSA) is 88.0 Å². The van der Waals surface area contributed by atoms with Crippen LogP contribution in [0.15, 0.2) is 0 Å². The van der Waals surface area contributed by atoms with Gasteiger partial charge in [0.15, 0.2) is 0 Å². The molecule has 1 saturated heterocycles. The number of carbonyl (C=O) groups is 1. The van der Waals surface area contributed by atoms with Gasteiger partial charge in [0.2, 0.25) is 0 Å². The Hall–Kier alpha value is -1.13. The lowest BCUT2D eigenvalue weighted by molar-refractivity contribution is -0.136. The number of ether oxygens (including phenoxy) is 2. The molecule has 4 rings (SSSR count). The van der Waals surface area contributed by atoms with Crippen molar-refractivity contribution in [1.29, 1.82) is 0 Å². The maximum absolute atomic E-state index is 11.7. The molecule has 1 heterocycles. The van der Waals surface area contributed by atoms with Crippen LogP contribution in [-0.4, -0.2) is 53.4 Å². The largest absolute Gasteiger partial charge is 0.456 e. The Balaban J connectivity index is 0.00000124. The third kappa shape index (κ3) is 3.58. The summed E-state index contributed by atoms with van der Waals surface area (Å²) in [6, 6.07) is 0.243. The van der Waals surface area contributed by atoms with Crippen LogP contribution < -0.4 is 5.32 Å². The zero-order valence-electron chi connectivity index (χ0n) is 19.2. The summed E-state index contributed by atoms with van der Waals surface area (Å²) in [7, 11) is 1.74. The van der Waals surface area contributed by atoms with Gasteiger partial charge < -0.3 is 19.7 Å². The zero-order chi connectivity index (χ0) is 22.2. The van der Waals surface area contributed by atoms with Crippen molar-refractivity contribution in [2.24, 2.45) is 23.2 Å². The summed E-state index contributed by atoms with van der Waals surface area (Å²) in [5.74, 6) is 5.99. The number of hydrogen-bond acceptors (Lipinski definition) is 6. The molecule has 4 fully saturated rings. The molecule has 3 aliphatic carbocycles. The van der Waals surface area contributed by atoms with Gasteiger partial charge in [-0.15, -0.1) is 0 Å². The van der Waals surface area contributed by atoms with Crippen LogP contribution in [-0.2, 0) is 14.3 Å². The molecule has 3 saturated carbocycles. The normalized spacial score (nSPS) is 46.3. The number of hydrogen-bond donors (Lipinski definition) is 3. The van der Waals surface area contributed by atoms with E-state index in [0.29, 0.717) is 24.7 Å². The van der Waals surface area contributed by atoms with Crippen molar-refractivity contribution in [3.05, 3.63) is 0 Å². The summed E-state index contributed by atoms with van der Waals surface area (Å²) in [6.45, 7) is 8.15. The summed E-state index contributed by atoms with van der Waals surface area (Å²) in [5, 5.41) is 25.5. The van der Waals surface area contributed by atoms with Crippen LogP contribution in [0.25, 0.3) is 0 Å². The average molecular weight is 422 g/mol. The first kappa shape index (κ1) is 23.5. The summed E-state index contributed by atoms with van der Waals surface area (Å²) >= 11 is 0. The van der Waals surface area contributed by atoms with E-state index in [1.807, 2.05) is 13.8 Å². The van der Waals surface area contributed by atoms with E-state index >= 15 is 0 Å². The van der Waals surface area contributed by atoms with Crippen molar-refractivity contribution in [2.75, 3.05) is 13.7 Å². The number of nitrogens with one attached hydrogen (secondary N) is 1. The number of carbonyl (C=O) groups excluding carboxylic acids is 1. The van der Waals surface area contributed by atoms with Gasteiger partial charge in [0.25, 0.3) is 0 Å². The molecule has 8 unspecified atom stereocenters. The number of methoxy groups -OCH3 is 1. The van der Waals surface area contributed by atoms with Crippen molar-refractivity contribution in [3.8, 4) is 11.8 Å². The highest BCUT2D eigenvalue weighted by atomic mass is 16.5. The minimum absolute atomic E-state index is 0.243. The summed E-state index contributed by atoms with van der Waals surface area (Å²) in [5.41, 5.74) is -2.01. The quantitative estimate of drug-likeness (QED) is 0.361. The number of rotatable bonds is 2. The van der Waals surface area contributed by atoms with Crippen LogP contribution >= 0.6 is 0 Å². The molecule has 8 atom stereocenters. The highest BCUT2D eigenvalue weighted by Crippen LogP contribution is 2.63. The lowest BCUT2D eigenvalue weighted by atomic mass is 9.57. The SMILES string of the molecule is CC.CCOC(=O)C#CC1(O)CCC2C3NC4(OC)CC(O)CCC4C3CCC21C. The fourth-order valence-corrected chi connectivity index (χ4v) is 6.88. The lowest BCUT2D eigenvalue weighted by Crippen LogP contribution is -2.56. The van der Waals surface area contributed by atoms with Gasteiger partial charge in [-0.05, 0) is 57.3 Å². The Morgan fingerprint density at radius 1 is 1.17 bits per heavy atom. The zero-order valence-corrected chi connectivity index (χ0v) is 19.2. The molecular formula is C24H39NO5. The first-order valence-corrected chi connectivity index (χ1v) is 11.7. The first-order valence-electron chi connectivity index (χ1n) is 11.7. The molecule has 0 spiro atoms. The Bertz CT molecular complexity index is 701. The van der Waals surface area contributed by atoms with Gasteiger partial charge in [0.1, 0.15) is 11.3 Å². The minimum atomic E-state index is -1.18. The third-order valence-electron chi connectivity index (χ3n) is 8.36. The Morgan fingerprint density at radius 2 is 1.90 bits per heavy atom. The Labute approximate surface area is 181 Å². The molecule has 6 heteroatoms. The van der Waals surface area contributed by atoms with E-state index in [4.69, 9.17) is 9.47 Å². The second-order valence-corrected chi connectivity index (χ2v) is 9.40. The number of aliphatic hydroxyl groups excluding tert-OH is 1. The van der Waals surface area contributed by atoms with Crippen LogP contribution in [0.3, 0.4) is 0 Å². The molecular weight excluding hydrogens is 382 g/mol. The number of fused-ring (bicyclic) bond motifs is 5. The predicted octanol–water partition coefficient (Wildman–Crippen LogP) is 2.61. The van der Waals surface area contributed by atoms with E-state index in [-0.39, 0.29) is 30.1 Å². The second kappa shape index (κ2) is 8.78. The van der Waals surface area contributed by atoms with Gasteiger partial charge >= 0.3 is 5.97 Å². The first-order chi connectivity index (χ1) is 14.3. The third-order valence-corrected chi connectivity index (χ3v) is 8.36. The smallest absolute Gasteiger partial charge is 0.384 e. The van der Waals surface area contributed by atoms with Gasteiger partial charge in [-0.25, -0.2) is 4.79 Å². The van der Waals surface area contributed by atoms with E-state index in [1.54, 1.807) is 14.0 Å². The average Bonchev–Trinajstić information content (AvgIpc) is 3.20. The standard InChI is InChI=1S/C22H33NO5.C2H6/c1-4-28-18(25)9-12-21(26)11-8-17-19-15(7-10-20(17,21)2)16-6-5-14(24)13-22(16,23-19)27-3;1-2/h14-17,19,23-24,26H,4-8,10-11,13H2,1-3H3;1-2H3. The molecule has 4 aliphatic rings. The Kier molecular flexibility index (Phi) is 6.89. The Morgan fingerprint density at radius 3 is 2.57 bits per heavy atom. The van der Waals surface area contributed by atoms with Crippen LogP contribution in [0.1, 0.15) is 72.6 Å². The fourth-order valence-electron chi connectivity index (χ4n) is 6.88. The second-order valence-electron chi connectivity index (χ2n) is 9.40. The van der Waals surface area contributed by atoms with Crippen molar-refractivity contribution >= 4 is 5.97 Å². The highest BCUT2D eigenvalue weighted by molar-refractivity contribution is 5.88. The summed E-state index contributed by atoms with van der Waals surface area (Å²) < 4.78 is 10.9. The van der Waals surface area contributed by atoms with E-state index in [0.717, 1.165) is 32.1 Å². The molecule has 0 aromatic rings. The molecule has 170 valence electrons. The number of esters is 1. The fraction of sp³-hybridized carbons (Fsp3) is 0.875. The van der Waals surface area contributed by atoms with Crippen LogP contribution in [0.5, 0.6) is 0 Å². The van der Waals surface area contributed by atoms with Gasteiger partial charge in [-0.3, -0.25) is 5.32 Å². The molecule has 0 amide bonds. The molecule has 0 aromatic heterocycles. The van der Waals surface area contributed by atoms with Crippen molar-refractivity contribution in [3.63, 3.8) is 0 Å². The van der Waals surface area contributed by atoms with Gasteiger partial charge in [0, 0.05) is 36.8 Å². The molecule has 6 nitrogen and oxygen atoms in total.